The van der Waals surface area contributed by atoms with E-state index >= 15 is 0 Å². The highest BCUT2D eigenvalue weighted by atomic mass is 35.5. The molecule has 5 nitrogen and oxygen atoms in total. The van der Waals surface area contributed by atoms with Gasteiger partial charge in [-0.25, -0.2) is 0 Å². The van der Waals surface area contributed by atoms with E-state index in [0.717, 1.165) is 30.5 Å². The van der Waals surface area contributed by atoms with E-state index < -0.39 is 24.7 Å². The Kier molecular flexibility index (Phi) is 8.33. The molecule has 2 heterocycles. The second-order valence-corrected chi connectivity index (χ2v) is 7.34. The molecule has 1 aliphatic heterocycles. The number of alkyl halides is 3. The summed E-state index contributed by atoms with van der Waals surface area (Å²) in [4.78, 5) is 19.0. The summed E-state index contributed by atoms with van der Waals surface area (Å²) in [5.41, 5.74) is 2.96. The molecule has 0 radical (unpaired) electrons. The van der Waals surface area contributed by atoms with E-state index in [2.05, 4.69) is 15.6 Å². The average molecular weight is 465 g/mol. The van der Waals surface area contributed by atoms with Crippen LogP contribution in [0.3, 0.4) is 0 Å². The smallest absolute Gasteiger partial charge is 0.350 e. The number of hydrogen-bond donors (Lipinski definition) is 2. The normalized spacial score (nSPS) is 17.6. The van der Waals surface area contributed by atoms with Crippen LogP contribution >= 0.6 is 24.8 Å². The van der Waals surface area contributed by atoms with Crippen molar-refractivity contribution < 1.29 is 18.0 Å². The standard InChI is InChI=1S/C20H23F3N4O.2ClH/c21-20(22,23)17(27-10-8-24-9-11-27)12-25-19(28)18-13-4-1-2-6-15(13)26-16-7-3-5-14(16)18;;/h1-2,4,6,17,24H,3,5,7-12H2,(H,25,28);2*1H. The number of fused-ring (bicyclic) bond motifs is 2. The molecule has 2 aliphatic rings. The van der Waals surface area contributed by atoms with Gasteiger partial charge in [-0.05, 0) is 30.9 Å². The van der Waals surface area contributed by atoms with Crippen LogP contribution in [-0.4, -0.2) is 60.7 Å². The SMILES string of the molecule is Cl.Cl.O=C(NCC(N1CCNCC1)C(F)(F)F)c1c2c(nc3ccccc13)CCC2. The van der Waals surface area contributed by atoms with Crippen molar-refractivity contribution in [1.29, 1.82) is 0 Å². The number of piperazine rings is 1. The molecule has 30 heavy (non-hydrogen) atoms. The van der Waals surface area contributed by atoms with Crippen molar-refractivity contribution in [2.24, 2.45) is 0 Å². The summed E-state index contributed by atoms with van der Waals surface area (Å²) < 4.78 is 40.8. The van der Waals surface area contributed by atoms with E-state index in [-0.39, 0.29) is 24.8 Å². The number of rotatable bonds is 4. The van der Waals surface area contributed by atoms with E-state index in [1.807, 2.05) is 24.3 Å². The van der Waals surface area contributed by atoms with E-state index in [0.29, 0.717) is 42.6 Å². The van der Waals surface area contributed by atoms with Gasteiger partial charge in [0.25, 0.3) is 5.91 Å². The number of aryl methyl sites for hydroxylation is 1. The Bertz CT molecular complexity index is 888. The van der Waals surface area contributed by atoms with Gasteiger partial charge in [0.1, 0.15) is 6.04 Å². The highest BCUT2D eigenvalue weighted by Crippen LogP contribution is 2.30. The van der Waals surface area contributed by atoms with Gasteiger partial charge < -0.3 is 10.6 Å². The Hall–Kier alpha value is -1.61. The van der Waals surface area contributed by atoms with Gasteiger partial charge in [-0.15, -0.1) is 24.8 Å². The Morgan fingerprint density at radius 2 is 1.87 bits per heavy atom. The summed E-state index contributed by atoms with van der Waals surface area (Å²) in [5, 5.41) is 6.33. The quantitative estimate of drug-likeness (QED) is 0.729. The van der Waals surface area contributed by atoms with Gasteiger partial charge in [-0.1, -0.05) is 18.2 Å². The summed E-state index contributed by atoms with van der Waals surface area (Å²) in [6, 6.07) is 5.64. The molecule has 2 N–H and O–H groups in total. The van der Waals surface area contributed by atoms with E-state index in [4.69, 9.17) is 0 Å². The molecule has 2 aromatic rings. The monoisotopic (exact) mass is 464 g/mol. The fourth-order valence-corrected chi connectivity index (χ4v) is 4.19. The van der Waals surface area contributed by atoms with Crippen molar-refractivity contribution in [1.82, 2.24) is 20.5 Å². The molecule has 1 unspecified atom stereocenters. The molecule has 10 heteroatoms. The molecule has 1 aliphatic carbocycles. The molecular weight excluding hydrogens is 440 g/mol. The second kappa shape index (κ2) is 10.1. The number of carbonyl (C=O) groups is 1. The minimum Gasteiger partial charge on any atom is -0.350 e. The van der Waals surface area contributed by atoms with Crippen LogP contribution in [0.2, 0.25) is 0 Å². The molecule has 166 valence electrons. The van der Waals surface area contributed by atoms with Gasteiger partial charge in [0, 0.05) is 43.8 Å². The zero-order chi connectivity index (χ0) is 19.7. The van der Waals surface area contributed by atoms with Crippen molar-refractivity contribution in [3.8, 4) is 0 Å². The number of carbonyl (C=O) groups excluding carboxylic acids is 1. The third-order valence-corrected chi connectivity index (χ3v) is 5.57. The van der Waals surface area contributed by atoms with Crippen LogP contribution in [0.15, 0.2) is 24.3 Å². The van der Waals surface area contributed by atoms with Crippen LogP contribution < -0.4 is 10.6 Å². The van der Waals surface area contributed by atoms with Gasteiger partial charge in [0.05, 0.1) is 11.1 Å². The lowest BCUT2D eigenvalue weighted by Crippen LogP contribution is -2.57. The maximum atomic E-state index is 13.6. The van der Waals surface area contributed by atoms with Gasteiger partial charge in [-0.3, -0.25) is 14.7 Å². The van der Waals surface area contributed by atoms with Crippen molar-refractivity contribution >= 4 is 41.6 Å². The number of amides is 1. The Labute approximate surface area is 185 Å². The highest BCUT2D eigenvalue weighted by Gasteiger charge is 2.44. The largest absolute Gasteiger partial charge is 0.405 e. The summed E-state index contributed by atoms with van der Waals surface area (Å²) in [6.45, 7) is 1.21. The molecule has 0 saturated carbocycles. The fourth-order valence-electron chi connectivity index (χ4n) is 4.19. The van der Waals surface area contributed by atoms with E-state index in [1.54, 1.807) is 0 Å². The number of hydrogen-bond acceptors (Lipinski definition) is 4. The molecule has 1 aromatic carbocycles. The first-order chi connectivity index (χ1) is 13.4. The Morgan fingerprint density at radius 3 is 2.57 bits per heavy atom. The van der Waals surface area contributed by atoms with Crippen molar-refractivity contribution in [2.45, 2.75) is 31.5 Å². The summed E-state index contributed by atoms with van der Waals surface area (Å²) in [7, 11) is 0. The first-order valence-corrected chi connectivity index (χ1v) is 9.65. The molecule has 1 saturated heterocycles. The van der Waals surface area contributed by atoms with E-state index in [9.17, 15) is 18.0 Å². The van der Waals surface area contributed by atoms with Gasteiger partial charge in [0.2, 0.25) is 0 Å². The van der Waals surface area contributed by atoms with Crippen LogP contribution in [0.4, 0.5) is 13.2 Å². The zero-order valence-corrected chi connectivity index (χ0v) is 17.9. The molecule has 1 aromatic heterocycles. The third kappa shape index (κ3) is 4.99. The topological polar surface area (TPSA) is 57.3 Å². The third-order valence-electron chi connectivity index (χ3n) is 5.57. The zero-order valence-electron chi connectivity index (χ0n) is 16.3. The van der Waals surface area contributed by atoms with Crippen LogP contribution in [-0.2, 0) is 12.8 Å². The molecule has 1 atom stereocenters. The predicted molar refractivity (Wildman–Crippen MR) is 115 cm³/mol. The van der Waals surface area contributed by atoms with Gasteiger partial charge in [0.15, 0.2) is 0 Å². The van der Waals surface area contributed by atoms with Crippen molar-refractivity contribution in [3.05, 3.63) is 41.1 Å². The van der Waals surface area contributed by atoms with Crippen molar-refractivity contribution in [3.63, 3.8) is 0 Å². The molecular formula is C20H25Cl2F3N4O. The summed E-state index contributed by atoms with van der Waals surface area (Å²) in [5.74, 6) is -0.443. The lowest BCUT2D eigenvalue weighted by molar-refractivity contribution is -0.183. The minimum absolute atomic E-state index is 0. The molecule has 4 rings (SSSR count). The number of para-hydroxylation sites is 1. The minimum atomic E-state index is -4.40. The molecule has 1 fully saturated rings. The summed E-state index contributed by atoms with van der Waals surface area (Å²) in [6.07, 6.45) is -1.96. The van der Waals surface area contributed by atoms with Gasteiger partial charge in [-0.2, -0.15) is 13.2 Å². The molecule has 0 spiro atoms. The molecule has 1 amide bonds. The lowest BCUT2D eigenvalue weighted by Gasteiger charge is -2.36. The maximum Gasteiger partial charge on any atom is 0.405 e. The van der Waals surface area contributed by atoms with Crippen LogP contribution in [0.1, 0.15) is 28.0 Å². The Balaban J connectivity index is 0.00000160. The molecule has 0 bridgehead atoms. The van der Waals surface area contributed by atoms with Crippen molar-refractivity contribution in [2.75, 3.05) is 32.7 Å². The number of halogens is 5. The van der Waals surface area contributed by atoms with Gasteiger partial charge >= 0.3 is 6.18 Å². The van der Waals surface area contributed by atoms with E-state index in [1.165, 1.54) is 4.90 Å². The van der Waals surface area contributed by atoms with Crippen LogP contribution in [0, 0.1) is 0 Å². The van der Waals surface area contributed by atoms with Crippen LogP contribution in [0.25, 0.3) is 10.9 Å². The number of benzene rings is 1. The highest BCUT2D eigenvalue weighted by molar-refractivity contribution is 6.07. The Morgan fingerprint density at radius 1 is 1.17 bits per heavy atom. The average Bonchev–Trinajstić information content (AvgIpc) is 3.13. The predicted octanol–water partition coefficient (Wildman–Crippen LogP) is 3.13. The second-order valence-electron chi connectivity index (χ2n) is 7.34. The number of nitrogens with one attached hydrogen (secondary N) is 2. The number of aromatic nitrogens is 1. The maximum absolute atomic E-state index is 13.6. The fraction of sp³-hybridized carbons (Fsp3) is 0.500. The van der Waals surface area contributed by atoms with Crippen LogP contribution in [0.5, 0.6) is 0 Å². The number of nitrogens with zero attached hydrogens (tertiary/aromatic N) is 2. The lowest BCUT2D eigenvalue weighted by atomic mass is 10.0. The first-order valence-electron chi connectivity index (χ1n) is 9.65. The first kappa shape index (κ1) is 24.7. The number of pyridine rings is 1. The summed E-state index contributed by atoms with van der Waals surface area (Å²) >= 11 is 0.